The summed E-state index contributed by atoms with van der Waals surface area (Å²) in [6, 6.07) is -0.104. The highest BCUT2D eigenvalue weighted by Crippen LogP contribution is 2.43. The Balaban J connectivity index is 2.29. The molecule has 5 nitrogen and oxygen atoms in total. The molecule has 1 aromatic rings. The first-order valence-electron chi connectivity index (χ1n) is 7.67. The second-order valence-corrected chi connectivity index (χ2v) is 6.99. The molecule has 0 aliphatic heterocycles. The van der Waals surface area contributed by atoms with Crippen molar-refractivity contribution < 1.29 is 0 Å². The van der Waals surface area contributed by atoms with E-state index in [9.17, 15) is 0 Å². The second kappa shape index (κ2) is 6.65. The minimum atomic E-state index is -0.104. The van der Waals surface area contributed by atoms with E-state index in [1.807, 2.05) is 4.68 Å². The van der Waals surface area contributed by atoms with Crippen LogP contribution in [0.5, 0.6) is 0 Å². The van der Waals surface area contributed by atoms with Crippen molar-refractivity contribution >= 4 is 11.6 Å². The average molecular weight is 314 g/mol. The smallest absolute Gasteiger partial charge is 0.0834 e. The topological polar surface area (TPSA) is 50.3 Å². The fourth-order valence-electron chi connectivity index (χ4n) is 3.43. The second-order valence-electron chi connectivity index (χ2n) is 6.59. The summed E-state index contributed by atoms with van der Waals surface area (Å²) >= 11 is 6.40. The molecular weight excluding hydrogens is 286 g/mol. The Morgan fingerprint density at radius 2 is 1.95 bits per heavy atom. The third-order valence-corrected chi connectivity index (χ3v) is 5.12. The molecule has 1 saturated carbocycles. The van der Waals surface area contributed by atoms with E-state index in [0.717, 1.165) is 31.6 Å². The van der Waals surface area contributed by atoms with E-state index >= 15 is 0 Å². The lowest BCUT2D eigenvalue weighted by Crippen LogP contribution is -2.51. The lowest BCUT2D eigenvalue weighted by molar-refractivity contribution is 0.119. The fourth-order valence-corrected chi connectivity index (χ4v) is 3.69. The summed E-state index contributed by atoms with van der Waals surface area (Å²) in [4.78, 5) is 4.42. The van der Waals surface area contributed by atoms with Crippen molar-refractivity contribution in [2.24, 2.45) is 5.73 Å². The summed E-state index contributed by atoms with van der Waals surface area (Å²) in [6.07, 6.45) is 6.43. The van der Waals surface area contributed by atoms with Gasteiger partial charge in [0.1, 0.15) is 0 Å². The molecule has 1 heterocycles. The fraction of sp³-hybridized carbons (Fsp3) is 0.800. The van der Waals surface area contributed by atoms with Crippen LogP contribution in [0, 0.1) is 0 Å². The summed E-state index contributed by atoms with van der Waals surface area (Å²) in [5.74, 6) is 0. The minimum absolute atomic E-state index is 0.000457. The largest absolute Gasteiger partial charge is 0.321 e. The monoisotopic (exact) mass is 313 g/mol. The Hall–Kier alpha value is -0.620. The molecule has 0 spiro atoms. The molecule has 0 aromatic carbocycles. The Kier molecular flexibility index (Phi) is 5.30. The molecule has 1 aliphatic rings. The highest BCUT2D eigenvalue weighted by Gasteiger charge is 2.44. The Morgan fingerprint density at radius 3 is 2.48 bits per heavy atom. The van der Waals surface area contributed by atoms with Crippen molar-refractivity contribution in [1.29, 1.82) is 0 Å². The molecule has 120 valence electrons. The SMILES string of the molecule is CN(C)CCn1ncc(Cl)c1C(N)C1(N(C)C)CCCC1. The van der Waals surface area contributed by atoms with Gasteiger partial charge < -0.3 is 15.5 Å². The lowest BCUT2D eigenvalue weighted by Gasteiger charge is -2.41. The van der Waals surface area contributed by atoms with E-state index in [2.05, 4.69) is 43.1 Å². The maximum atomic E-state index is 6.69. The van der Waals surface area contributed by atoms with Gasteiger partial charge in [0.25, 0.3) is 0 Å². The summed E-state index contributed by atoms with van der Waals surface area (Å²) in [5, 5.41) is 5.12. The molecule has 1 atom stereocenters. The number of nitrogens with two attached hydrogens (primary N) is 1. The highest BCUT2D eigenvalue weighted by molar-refractivity contribution is 6.31. The molecule has 0 amide bonds. The first kappa shape index (κ1) is 16.7. The van der Waals surface area contributed by atoms with Gasteiger partial charge >= 0.3 is 0 Å². The predicted molar refractivity (Wildman–Crippen MR) is 87.6 cm³/mol. The van der Waals surface area contributed by atoms with Crippen LogP contribution in [-0.2, 0) is 6.54 Å². The van der Waals surface area contributed by atoms with E-state index in [1.165, 1.54) is 12.8 Å². The molecule has 1 unspecified atom stereocenters. The molecule has 1 aromatic heterocycles. The quantitative estimate of drug-likeness (QED) is 0.872. The molecule has 21 heavy (non-hydrogen) atoms. The number of nitrogens with zero attached hydrogens (tertiary/aromatic N) is 4. The zero-order valence-electron chi connectivity index (χ0n) is 13.6. The third kappa shape index (κ3) is 3.26. The molecule has 1 fully saturated rings. The van der Waals surface area contributed by atoms with Crippen molar-refractivity contribution in [3.63, 3.8) is 0 Å². The predicted octanol–water partition coefficient (Wildman–Crippen LogP) is 1.97. The standard InChI is InChI=1S/C15H28ClN5/c1-19(2)9-10-21-13(12(16)11-18-21)14(17)15(20(3)4)7-5-6-8-15/h11,14H,5-10,17H2,1-4H3. The van der Waals surface area contributed by atoms with Crippen molar-refractivity contribution in [2.75, 3.05) is 34.7 Å². The van der Waals surface area contributed by atoms with Crippen LogP contribution in [0.3, 0.4) is 0 Å². The molecule has 1 aliphatic carbocycles. The first-order chi connectivity index (χ1) is 9.88. The number of likely N-dealkylation sites (N-methyl/N-ethyl adjacent to an activating group) is 2. The molecule has 0 saturated heterocycles. The van der Waals surface area contributed by atoms with Crippen molar-refractivity contribution in [3.05, 3.63) is 16.9 Å². The number of halogens is 1. The molecular formula is C15H28ClN5. The van der Waals surface area contributed by atoms with Gasteiger partial charge in [0.15, 0.2) is 0 Å². The van der Waals surface area contributed by atoms with Crippen LogP contribution >= 0.6 is 11.6 Å². The Bertz CT molecular complexity index is 463. The van der Waals surface area contributed by atoms with Crippen LogP contribution in [0.1, 0.15) is 37.4 Å². The zero-order valence-corrected chi connectivity index (χ0v) is 14.4. The van der Waals surface area contributed by atoms with Crippen LogP contribution in [0.25, 0.3) is 0 Å². The summed E-state index contributed by atoms with van der Waals surface area (Å²) in [5.41, 5.74) is 7.67. The Labute approximate surface area is 133 Å². The summed E-state index contributed by atoms with van der Waals surface area (Å²) < 4.78 is 1.98. The molecule has 2 N–H and O–H groups in total. The summed E-state index contributed by atoms with van der Waals surface area (Å²) in [6.45, 7) is 1.74. The van der Waals surface area contributed by atoms with Gasteiger partial charge in [-0.05, 0) is 41.0 Å². The van der Waals surface area contributed by atoms with Crippen LogP contribution in [0.15, 0.2) is 6.20 Å². The maximum absolute atomic E-state index is 6.69. The average Bonchev–Trinajstić information content (AvgIpc) is 3.03. The maximum Gasteiger partial charge on any atom is 0.0834 e. The number of hydrogen-bond donors (Lipinski definition) is 1. The van der Waals surface area contributed by atoms with Gasteiger partial charge in [-0.15, -0.1) is 0 Å². The van der Waals surface area contributed by atoms with E-state index in [4.69, 9.17) is 17.3 Å². The van der Waals surface area contributed by atoms with Gasteiger partial charge in [0.05, 0.1) is 29.5 Å². The molecule has 0 bridgehead atoms. The van der Waals surface area contributed by atoms with E-state index < -0.39 is 0 Å². The number of hydrogen-bond acceptors (Lipinski definition) is 4. The highest BCUT2D eigenvalue weighted by atomic mass is 35.5. The normalized spacial score (nSPS) is 19.6. The van der Waals surface area contributed by atoms with Crippen LogP contribution in [0.2, 0.25) is 5.02 Å². The van der Waals surface area contributed by atoms with Crippen molar-refractivity contribution in [3.8, 4) is 0 Å². The van der Waals surface area contributed by atoms with Crippen molar-refractivity contribution in [2.45, 2.75) is 43.8 Å². The van der Waals surface area contributed by atoms with Gasteiger partial charge in [-0.25, -0.2) is 0 Å². The number of rotatable bonds is 6. The van der Waals surface area contributed by atoms with Crippen molar-refractivity contribution in [1.82, 2.24) is 19.6 Å². The minimum Gasteiger partial charge on any atom is -0.321 e. The van der Waals surface area contributed by atoms with E-state index in [1.54, 1.807) is 6.20 Å². The third-order valence-electron chi connectivity index (χ3n) is 4.83. The Morgan fingerprint density at radius 1 is 1.33 bits per heavy atom. The molecule has 0 radical (unpaired) electrons. The number of aromatic nitrogens is 2. The lowest BCUT2D eigenvalue weighted by atomic mass is 9.85. The van der Waals surface area contributed by atoms with Crippen LogP contribution < -0.4 is 5.73 Å². The molecule has 2 rings (SSSR count). The first-order valence-corrected chi connectivity index (χ1v) is 8.05. The zero-order chi connectivity index (χ0) is 15.6. The van der Waals surface area contributed by atoms with Gasteiger partial charge in [-0.1, -0.05) is 24.4 Å². The van der Waals surface area contributed by atoms with E-state index in [0.29, 0.717) is 5.02 Å². The van der Waals surface area contributed by atoms with E-state index in [-0.39, 0.29) is 11.6 Å². The van der Waals surface area contributed by atoms with Gasteiger partial charge in [0.2, 0.25) is 0 Å². The van der Waals surface area contributed by atoms with Crippen LogP contribution in [0.4, 0.5) is 0 Å². The molecule has 6 heteroatoms. The van der Waals surface area contributed by atoms with Gasteiger partial charge in [-0.3, -0.25) is 4.68 Å². The van der Waals surface area contributed by atoms with Crippen LogP contribution in [-0.4, -0.2) is 59.9 Å². The van der Waals surface area contributed by atoms with Gasteiger partial charge in [-0.2, -0.15) is 5.10 Å². The summed E-state index contributed by atoms with van der Waals surface area (Å²) in [7, 11) is 8.37. The van der Waals surface area contributed by atoms with Gasteiger partial charge in [0, 0.05) is 12.1 Å².